The van der Waals surface area contributed by atoms with Crippen molar-refractivity contribution >= 4 is 15.9 Å². The van der Waals surface area contributed by atoms with Gasteiger partial charge in [0.2, 0.25) is 0 Å². The Balaban J connectivity index is 2.29. The summed E-state index contributed by atoms with van der Waals surface area (Å²) in [5, 5.41) is 0. The lowest BCUT2D eigenvalue weighted by atomic mass is 9.89. The number of hydrogen-bond acceptors (Lipinski definition) is 0. The van der Waals surface area contributed by atoms with E-state index >= 15 is 0 Å². The van der Waals surface area contributed by atoms with Crippen LogP contribution in [0.15, 0.2) is 71.2 Å². The molecule has 0 aliphatic rings. The molecule has 0 aliphatic carbocycles. The monoisotopic (exact) mass is 336 g/mol. The fourth-order valence-electron chi connectivity index (χ4n) is 2.81. The smallest absolute Gasteiger partial charge is 0.0210 e. The third-order valence-electron chi connectivity index (χ3n) is 3.89. The van der Waals surface area contributed by atoms with Crippen LogP contribution in [0.4, 0.5) is 0 Å². The quantitative estimate of drug-likeness (QED) is 0.507. The number of benzene rings is 3. The second-order valence-corrected chi connectivity index (χ2v) is 6.13. The summed E-state index contributed by atoms with van der Waals surface area (Å²) in [5.74, 6) is 0. The zero-order valence-electron chi connectivity index (χ0n) is 12.2. The van der Waals surface area contributed by atoms with Crippen molar-refractivity contribution in [1.29, 1.82) is 0 Å². The van der Waals surface area contributed by atoms with E-state index in [-0.39, 0.29) is 0 Å². The van der Waals surface area contributed by atoms with Crippen molar-refractivity contribution in [3.63, 3.8) is 0 Å². The van der Waals surface area contributed by atoms with Crippen molar-refractivity contribution in [3.05, 3.63) is 82.3 Å². The summed E-state index contributed by atoms with van der Waals surface area (Å²) in [6, 6.07) is 23.5. The van der Waals surface area contributed by atoms with Gasteiger partial charge in [-0.3, -0.25) is 0 Å². The van der Waals surface area contributed by atoms with Gasteiger partial charge in [-0.1, -0.05) is 76.6 Å². The lowest BCUT2D eigenvalue weighted by Gasteiger charge is -2.16. The van der Waals surface area contributed by atoms with Crippen LogP contribution in [-0.2, 0) is 0 Å². The summed E-state index contributed by atoms with van der Waals surface area (Å²) in [6.45, 7) is 4.35. The fraction of sp³-hybridized carbons (Fsp3) is 0.100. The van der Waals surface area contributed by atoms with Gasteiger partial charge in [-0.25, -0.2) is 0 Å². The van der Waals surface area contributed by atoms with Crippen LogP contribution < -0.4 is 0 Å². The molecule has 104 valence electrons. The van der Waals surface area contributed by atoms with Gasteiger partial charge < -0.3 is 0 Å². The van der Waals surface area contributed by atoms with E-state index in [1.54, 1.807) is 0 Å². The number of aryl methyl sites for hydroxylation is 1. The van der Waals surface area contributed by atoms with Gasteiger partial charge >= 0.3 is 0 Å². The standard InChI is InChI=1S/C20H17Br/c1-14-12-13-19(21)15(2)20(14)18-11-7-6-10-17(18)16-8-4-3-5-9-16/h3-13H,1-2H3. The Morgan fingerprint density at radius 1 is 0.667 bits per heavy atom. The summed E-state index contributed by atoms with van der Waals surface area (Å²) in [6.07, 6.45) is 0. The van der Waals surface area contributed by atoms with Gasteiger partial charge in [-0.05, 0) is 53.3 Å². The van der Waals surface area contributed by atoms with Gasteiger partial charge in [0.15, 0.2) is 0 Å². The van der Waals surface area contributed by atoms with E-state index in [9.17, 15) is 0 Å². The zero-order chi connectivity index (χ0) is 14.8. The van der Waals surface area contributed by atoms with Crippen molar-refractivity contribution < 1.29 is 0 Å². The summed E-state index contributed by atoms with van der Waals surface area (Å²) < 4.78 is 1.16. The first kappa shape index (κ1) is 14.1. The lowest BCUT2D eigenvalue weighted by molar-refractivity contribution is 1.35. The van der Waals surface area contributed by atoms with E-state index in [0.29, 0.717) is 0 Å². The molecular weight excluding hydrogens is 320 g/mol. The van der Waals surface area contributed by atoms with Gasteiger partial charge in [0, 0.05) is 4.47 Å². The summed E-state index contributed by atoms with van der Waals surface area (Å²) in [7, 11) is 0. The van der Waals surface area contributed by atoms with Gasteiger partial charge in [-0.15, -0.1) is 0 Å². The SMILES string of the molecule is Cc1ccc(Br)c(C)c1-c1ccccc1-c1ccccc1. The molecule has 0 aliphatic heterocycles. The molecule has 1 heteroatoms. The first-order valence-electron chi connectivity index (χ1n) is 7.09. The molecule has 0 atom stereocenters. The maximum absolute atomic E-state index is 3.66. The van der Waals surface area contributed by atoms with Crippen LogP contribution in [0, 0.1) is 13.8 Å². The Morgan fingerprint density at radius 2 is 1.29 bits per heavy atom. The Kier molecular flexibility index (Phi) is 3.94. The molecule has 0 saturated carbocycles. The highest BCUT2D eigenvalue weighted by Gasteiger charge is 2.12. The molecule has 0 aromatic heterocycles. The summed E-state index contributed by atoms with van der Waals surface area (Å²) in [4.78, 5) is 0. The molecule has 0 bridgehead atoms. The number of hydrogen-bond donors (Lipinski definition) is 0. The Hall–Kier alpha value is -1.86. The van der Waals surface area contributed by atoms with Crippen LogP contribution >= 0.6 is 15.9 Å². The predicted molar refractivity (Wildman–Crippen MR) is 94.5 cm³/mol. The van der Waals surface area contributed by atoms with Crippen molar-refractivity contribution in [2.45, 2.75) is 13.8 Å². The molecule has 0 N–H and O–H groups in total. The van der Waals surface area contributed by atoms with Crippen molar-refractivity contribution in [2.75, 3.05) is 0 Å². The molecule has 3 aromatic rings. The van der Waals surface area contributed by atoms with E-state index in [1.807, 2.05) is 0 Å². The normalized spacial score (nSPS) is 10.6. The Bertz CT molecular complexity index is 773. The Morgan fingerprint density at radius 3 is 2.00 bits per heavy atom. The van der Waals surface area contributed by atoms with Gasteiger partial charge in [-0.2, -0.15) is 0 Å². The second kappa shape index (κ2) is 5.87. The first-order valence-corrected chi connectivity index (χ1v) is 7.88. The highest BCUT2D eigenvalue weighted by atomic mass is 79.9. The summed E-state index contributed by atoms with van der Waals surface area (Å²) in [5.41, 5.74) is 7.75. The molecule has 21 heavy (non-hydrogen) atoms. The average Bonchev–Trinajstić information content (AvgIpc) is 2.53. The van der Waals surface area contributed by atoms with Crippen LogP contribution in [0.3, 0.4) is 0 Å². The third-order valence-corrected chi connectivity index (χ3v) is 4.75. The van der Waals surface area contributed by atoms with Crippen molar-refractivity contribution in [3.8, 4) is 22.3 Å². The molecule has 0 radical (unpaired) electrons. The maximum atomic E-state index is 3.66. The molecule has 3 aromatic carbocycles. The van der Waals surface area contributed by atoms with Gasteiger partial charge in [0.1, 0.15) is 0 Å². The molecule has 0 amide bonds. The molecule has 3 rings (SSSR count). The Labute approximate surface area is 134 Å². The van der Waals surface area contributed by atoms with Crippen LogP contribution in [0.5, 0.6) is 0 Å². The minimum Gasteiger partial charge on any atom is -0.0622 e. The highest BCUT2D eigenvalue weighted by molar-refractivity contribution is 9.10. The van der Waals surface area contributed by atoms with E-state index in [0.717, 1.165) is 4.47 Å². The van der Waals surface area contributed by atoms with E-state index < -0.39 is 0 Å². The molecule has 0 nitrogen and oxygen atoms in total. The molecular formula is C20H17Br. The van der Waals surface area contributed by atoms with Gasteiger partial charge in [0.25, 0.3) is 0 Å². The fourth-order valence-corrected chi connectivity index (χ4v) is 3.14. The molecule has 0 spiro atoms. The first-order chi connectivity index (χ1) is 10.2. The molecule has 0 heterocycles. The number of rotatable bonds is 2. The molecule has 0 saturated heterocycles. The maximum Gasteiger partial charge on any atom is 0.0210 e. The predicted octanol–water partition coefficient (Wildman–Crippen LogP) is 6.40. The number of halogens is 1. The van der Waals surface area contributed by atoms with E-state index in [1.165, 1.54) is 33.4 Å². The minimum absolute atomic E-state index is 1.16. The van der Waals surface area contributed by atoms with Crippen molar-refractivity contribution in [1.82, 2.24) is 0 Å². The van der Waals surface area contributed by atoms with E-state index in [4.69, 9.17) is 0 Å². The van der Waals surface area contributed by atoms with Crippen LogP contribution in [0.2, 0.25) is 0 Å². The zero-order valence-corrected chi connectivity index (χ0v) is 13.8. The summed E-state index contributed by atoms with van der Waals surface area (Å²) >= 11 is 3.66. The third kappa shape index (κ3) is 2.66. The molecule has 0 fully saturated rings. The minimum atomic E-state index is 1.16. The lowest BCUT2D eigenvalue weighted by Crippen LogP contribution is -1.92. The van der Waals surface area contributed by atoms with Crippen LogP contribution in [0.1, 0.15) is 11.1 Å². The molecule has 0 unspecified atom stereocenters. The topological polar surface area (TPSA) is 0 Å². The van der Waals surface area contributed by atoms with Crippen LogP contribution in [-0.4, -0.2) is 0 Å². The second-order valence-electron chi connectivity index (χ2n) is 5.28. The van der Waals surface area contributed by atoms with Crippen LogP contribution in [0.25, 0.3) is 22.3 Å². The largest absolute Gasteiger partial charge is 0.0622 e. The highest BCUT2D eigenvalue weighted by Crippen LogP contribution is 2.37. The van der Waals surface area contributed by atoms with E-state index in [2.05, 4.69) is 96.5 Å². The van der Waals surface area contributed by atoms with Crippen molar-refractivity contribution in [2.24, 2.45) is 0 Å². The average molecular weight is 337 g/mol. The van der Waals surface area contributed by atoms with Gasteiger partial charge in [0.05, 0.1) is 0 Å².